The molecule has 0 N–H and O–H groups in total. The number of thiol groups is 1. The summed E-state index contributed by atoms with van der Waals surface area (Å²) in [4.78, 5) is 17.2. The van der Waals surface area contributed by atoms with E-state index in [1.54, 1.807) is 0 Å². The molecule has 98 valence electrons. The molecule has 1 aliphatic rings. The molecule has 18 heavy (non-hydrogen) atoms. The van der Waals surface area contributed by atoms with Gasteiger partial charge >= 0.3 is 0 Å². The van der Waals surface area contributed by atoms with Gasteiger partial charge in [-0.25, -0.2) is 0 Å². The van der Waals surface area contributed by atoms with Gasteiger partial charge in [0.15, 0.2) is 0 Å². The molecule has 0 bridgehead atoms. The van der Waals surface area contributed by atoms with Crippen LogP contribution in [-0.4, -0.2) is 49.4 Å². The fraction of sp³-hybridized carbons (Fsp3) is 0.500. The van der Waals surface area contributed by atoms with Crippen LogP contribution in [0.5, 0.6) is 0 Å². The highest BCUT2D eigenvalue weighted by Crippen LogP contribution is 2.17. The van der Waals surface area contributed by atoms with E-state index in [9.17, 15) is 4.79 Å². The van der Waals surface area contributed by atoms with Gasteiger partial charge < -0.3 is 9.80 Å². The lowest BCUT2D eigenvalue weighted by Gasteiger charge is -2.21. The average molecular weight is 264 g/mol. The first-order valence-electron chi connectivity index (χ1n) is 6.29. The van der Waals surface area contributed by atoms with Crippen LogP contribution in [0.25, 0.3) is 0 Å². The van der Waals surface area contributed by atoms with Gasteiger partial charge in [0.05, 0.1) is 0 Å². The van der Waals surface area contributed by atoms with Crippen LogP contribution in [0.2, 0.25) is 0 Å². The number of carbonyl (C=O) groups excluding carboxylic acids is 1. The van der Waals surface area contributed by atoms with E-state index in [0.717, 1.165) is 30.1 Å². The molecule has 1 unspecified atom stereocenters. The minimum Gasteiger partial charge on any atom is -0.341 e. The maximum atomic E-state index is 12.2. The molecule has 1 amide bonds. The summed E-state index contributed by atoms with van der Waals surface area (Å²) in [5.41, 5.74) is 0.719. The first kappa shape index (κ1) is 13.4. The molecule has 1 saturated heterocycles. The number of rotatable bonds is 3. The van der Waals surface area contributed by atoms with Gasteiger partial charge in [0.1, 0.15) is 0 Å². The molecule has 1 aliphatic heterocycles. The van der Waals surface area contributed by atoms with E-state index in [4.69, 9.17) is 0 Å². The van der Waals surface area contributed by atoms with Crippen molar-refractivity contribution in [3.05, 3.63) is 29.8 Å². The summed E-state index contributed by atoms with van der Waals surface area (Å²) in [6.45, 7) is 3.06. The second kappa shape index (κ2) is 5.76. The second-order valence-corrected chi connectivity index (χ2v) is 5.67. The Labute approximate surface area is 114 Å². The summed E-state index contributed by atoms with van der Waals surface area (Å²) >= 11 is 4.27. The largest absolute Gasteiger partial charge is 0.341 e. The minimum atomic E-state index is 0.0838. The molecule has 0 saturated carbocycles. The summed E-state index contributed by atoms with van der Waals surface area (Å²) in [6, 6.07) is 7.42. The summed E-state index contributed by atoms with van der Waals surface area (Å²) < 4.78 is 0. The van der Waals surface area contributed by atoms with Crippen molar-refractivity contribution in [1.29, 1.82) is 0 Å². The van der Waals surface area contributed by atoms with Crippen LogP contribution < -0.4 is 0 Å². The van der Waals surface area contributed by atoms with E-state index in [1.165, 1.54) is 6.42 Å². The lowest BCUT2D eigenvalue weighted by molar-refractivity contribution is 0.0774. The molecule has 4 heteroatoms. The highest BCUT2D eigenvalue weighted by atomic mass is 32.1. The third-order valence-corrected chi connectivity index (χ3v) is 3.74. The van der Waals surface area contributed by atoms with Crippen molar-refractivity contribution < 1.29 is 4.79 Å². The van der Waals surface area contributed by atoms with Crippen LogP contribution in [0.4, 0.5) is 0 Å². The van der Waals surface area contributed by atoms with Gasteiger partial charge in [-0.15, -0.1) is 12.6 Å². The number of carbonyl (C=O) groups is 1. The molecule has 3 nitrogen and oxygen atoms in total. The molecule has 0 spiro atoms. The zero-order valence-electron chi connectivity index (χ0n) is 11.0. The third-order valence-electron chi connectivity index (χ3n) is 3.46. The van der Waals surface area contributed by atoms with Crippen LogP contribution in [-0.2, 0) is 0 Å². The average Bonchev–Trinajstić information content (AvgIpc) is 2.73. The molecule has 1 aromatic carbocycles. The number of likely N-dealkylation sites (tertiary alicyclic amines) is 1. The maximum Gasteiger partial charge on any atom is 0.253 e. The van der Waals surface area contributed by atoms with Crippen LogP contribution in [0.1, 0.15) is 16.8 Å². The monoisotopic (exact) mass is 264 g/mol. The van der Waals surface area contributed by atoms with Gasteiger partial charge in [-0.1, -0.05) is 6.07 Å². The van der Waals surface area contributed by atoms with Gasteiger partial charge in [-0.3, -0.25) is 4.79 Å². The quantitative estimate of drug-likeness (QED) is 0.844. The Kier molecular flexibility index (Phi) is 4.30. The first-order chi connectivity index (χ1) is 8.56. The fourth-order valence-electron chi connectivity index (χ4n) is 2.50. The van der Waals surface area contributed by atoms with Crippen molar-refractivity contribution in [2.45, 2.75) is 11.3 Å². The number of hydrogen-bond donors (Lipinski definition) is 1. The third kappa shape index (κ3) is 3.27. The predicted molar refractivity (Wildman–Crippen MR) is 76.3 cm³/mol. The zero-order valence-corrected chi connectivity index (χ0v) is 11.9. The molecule has 1 heterocycles. The Morgan fingerprint density at radius 3 is 2.94 bits per heavy atom. The van der Waals surface area contributed by atoms with Crippen LogP contribution in [0.15, 0.2) is 29.2 Å². The molecule has 0 aliphatic carbocycles. The number of hydrogen-bond acceptors (Lipinski definition) is 3. The van der Waals surface area contributed by atoms with Crippen molar-refractivity contribution >= 4 is 18.5 Å². The Bertz CT molecular complexity index is 436. The SMILES string of the molecule is CN1CCC(CN(C)C(=O)c2cccc(S)c2)C1. The number of nitrogens with zero attached hydrogens (tertiary/aromatic N) is 2. The van der Waals surface area contributed by atoms with E-state index in [1.807, 2.05) is 36.2 Å². The Balaban J connectivity index is 1.96. The van der Waals surface area contributed by atoms with Gasteiger partial charge in [-0.05, 0) is 44.1 Å². The van der Waals surface area contributed by atoms with Gasteiger partial charge in [-0.2, -0.15) is 0 Å². The van der Waals surface area contributed by atoms with Crippen LogP contribution in [0.3, 0.4) is 0 Å². The number of amides is 1. The van der Waals surface area contributed by atoms with E-state index >= 15 is 0 Å². The lowest BCUT2D eigenvalue weighted by atomic mass is 10.1. The molecular formula is C14H20N2OS. The zero-order chi connectivity index (χ0) is 13.1. The van der Waals surface area contributed by atoms with Crippen LogP contribution >= 0.6 is 12.6 Å². The summed E-state index contributed by atoms with van der Waals surface area (Å²) in [7, 11) is 4.01. The standard InChI is InChI=1S/C14H20N2OS/c1-15-7-6-11(9-15)10-16(2)14(17)12-4-3-5-13(18)8-12/h3-5,8,11,18H,6-7,9-10H2,1-2H3. The van der Waals surface area contributed by atoms with Crippen molar-refractivity contribution in [3.63, 3.8) is 0 Å². The Hall–Kier alpha value is -1.00. The van der Waals surface area contributed by atoms with E-state index in [2.05, 4.69) is 24.6 Å². The smallest absolute Gasteiger partial charge is 0.253 e. The van der Waals surface area contributed by atoms with Crippen molar-refractivity contribution in [1.82, 2.24) is 9.80 Å². The lowest BCUT2D eigenvalue weighted by Crippen LogP contribution is -2.32. The highest BCUT2D eigenvalue weighted by molar-refractivity contribution is 7.80. The number of benzene rings is 1. The van der Waals surface area contributed by atoms with Crippen molar-refractivity contribution in [2.75, 3.05) is 33.7 Å². The van der Waals surface area contributed by atoms with Gasteiger partial charge in [0.25, 0.3) is 5.91 Å². The summed E-state index contributed by atoms with van der Waals surface area (Å²) in [6.07, 6.45) is 1.18. The molecule has 0 radical (unpaired) electrons. The molecule has 1 atom stereocenters. The van der Waals surface area contributed by atoms with Crippen LogP contribution in [0, 0.1) is 5.92 Å². The normalized spacial score (nSPS) is 20.1. The highest BCUT2D eigenvalue weighted by Gasteiger charge is 2.23. The second-order valence-electron chi connectivity index (χ2n) is 5.15. The van der Waals surface area contributed by atoms with Gasteiger partial charge in [0, 0.05) is 30.6 Å². The first-order valence-corrected chi connectivity index (χ1v) is 6.74. The van der Waals surface area contributed by atoms with E-state index in [-0.39, 0.29) is 5.91 Å². The topological polar surface area (TPSA) is 23.6 Å². The fourth-order valence-corrected chi connectivity index (χ4v) is 2.73. The summed E-state index contributed by atoms with van der Waals surface area (Å²) in [5.74, 6) is 0.684. The van der Waals surface area contributed by atoms with Crippen molar-refractivity contribution in [2.24, 2.45) is 5.92 Å². The minimum absolute atomic E-state index is 0.0838. The maximum absolute atomic E-state index is 12.2. The van der Waals surface area contributed by atoms with Crippen molar-refractivity contribution in [3.8, 4) is 0 Å². The Morgan fingerprint density at radius 1 is 1.56 bits per heavy atom. The molecule has 0 aromatic heterocycles. The summed E-state index contributed by atoms with van der Waals surface area (Å²) in [5, 5.41) is 0. The molecule has 2 rings (SSSR count). The molecule has 1 fully saturated rings. The Morgan fingerprint density at radius 2 is 2.33 bits per heavy atom. The predicted octanol–water partition coefficient (Wildman–Crippen LogP) is 2.00. The molecule has 1 aromatic rings. The van der Waals surface area contributed by atoms with E-state index in [0.29, 0.717) is 5.92 Å². The van der Waals surface area contributed by atoms with E-state index < -0.39 is 0 Å². The van der Waals surface area contributed by atoms with Gasteiger partial charge in [0.2, 0.25) is 0 Å². The molecular weight excluding hydrogens is 244 g/mol.